The van der Waals surface area contributed by atoms with Gasteiger partial charge in [0.05, 0.1) is 21.7 Å². The minimum atomic E-state index is -1.08. The summed E-state index contributed by atoms with van der Waals surface area (Å²) in [6.07, 6.45) is 5.30. The molecule has 0 atom stereocenters. The Kier molecular flexibility index (Phi) is 8.18. The summed E-state index contributed by atoms with van der Waals surface area (Å²) in [5.74, 6) is -0.965. The molecule has 2 aromatic heterocycles. The van der Waals surface area contributed by atoms with Gasteiger partial charge in [0.2, 0.25) is 11.8 Å². The molecular formula is C28H34BrFN6O3. The lowest BCUT2D eigenvalue weighted by molar-refractivity contribution is -0.137. The molecule has 0 unspecified atom stereocenters. The van der Waals surface area contributed by atoms with Crippen molar-refractivity contribution in [1.82, 2.24) is 25.4 Å². The van der Waals surface area contributed by atoms with Gasteiger partial charge in [-0.1, -0.05) is 13.0 Å². The molecule has 3 N–H and O–H groups in total. The summed E-state index contributed by atoms with van der Waals surface area (Å²) < 4.78 is 21.3. The van der Waals surface area contributed by atoms with Crippen molar-refractivity contribution in [3.8, 4) is 0 Å². The van der Waals surface area contributed by atoms with E-state index in [1.807, 2.05) is 24.7 Å². The summed E-state index contributed by atoms with van der Waals surface area (Å²) in [6, 6.07) is 4.83. The maximum absolute atomic E-state index is 13.5. The summed E-state index contributed by atoms with van der Waals surface area (Å²) in [4.78, 5) is 31.3. The third kappa shape index (κ3) is 5.65. The largest absolute Gasteiger partial charge is 0.381 e. The van der Waals surface area contributed by atoms with E-state index in [2.05, 4.69) is 37.0 Å². The normalized spacial score (nSPS) is 16.7. The van der Waals surface area contributed by atoms with Crippen LogP contribution in [0.15, 0.2) is 28.9 Å². The first-order valence-electron chi connectivity index (χ1n) is 13.6. The SMILES string of the molecule is CCc1nc2c(cnn2CC)c(NC2CCOCC2)c1CNC(=O)C1(C(=O)NCc2ccc(F)c(Br)c2)CC1. The number of aromatic nitrogens is 3. The van der Waals surface area contributed by atoms with Gasteiger partial charge in [0.25, 0.3) is 0 Å². The predicted octanol–water partition coefficient (Wildman–Crippen LogP) is 4.22. The van der Waals surface area contributed by atoms with Crippen LogP contribution >= 0.6 is 15.9 Å². The van der Waals surface area contributed by atoms with Crippen molar-refractivity contribution < 1.29 is 18.7 Å². The zero-order chi connectivity index (χ0) is 27.6. The van der Waals surface area contributed by atoms with Gasteiger partial charge < -0.3 is 20.7 Å². The molecule has 1 saturated heterocycles. The number of anilines is 1. The van der Waals surface area contributed by atoms with Crippen LogP contribution in [0, 0.1) is 11.2 Å². The molecule has 11 heteroatoms. The van der Waals surface area contributed by atoms with Gasteiger partial charge in [-0.15, -0.1) is 0 Å². The number of ether oxygens (including phenoxy) is 1. The van der Waals surface area contributed by atoms with E-state index in [1.54, 1.807) is 12.1 Å². The molecule has 9 nitrogen and oxygen atoms in total. The lowest BCUT2D eigenvalue weighted by Gasteiger charge is -2.27. The Labute approximate surface area is 235 Å². The predicted molar refractivity (Wildman–Crippen MR) is 150 cm³/mol. The summed E-state index contributed by atoms with van der Waals surface area (Å²) in [5.41, 5.74) is 3.25. The Hall–Kier alpha value is -3.05. The smallest absolute Gasteiger partial charge is 0.235 e. The maximum Gasteiger partial charge on any atom is 0.235 e. The number of rotatable bonds is 10. The Bertz CT molecular complexity index is 1380. The second-order valence-corrected chi connectivity index (χ2v) is 11.0. The molecule has 1 saturated carbocycles. The van der Waals surface area contributed by atoms with Crippen LogP contribution in [0.1, 0.15) is 56.4 Å². The highest BCUT2D eigenvalue weighted by atomic mass is 79.9. The van der Waals surface area contributed by atoms with E-state index in [4.69, 9.17) is 9.72 Å². The average molecular weight is 602 g/mol. The fraction of sp³-hybridized carbons (Fsp3) is 0.500. The summed E-state index contributed by atoms with van der Waals surface area (Å²) in [7, 11) is 0. The van der Waals surface area contributed by atoms with Crippen LogP contribution in [0.25, 0.3) is 11.0 Å². The van der Waals surface area contributed by atoms with Gasteiger partial charge in [0.1, 0.15) is 11.2 Å². The number of carbonyl (C=O) groups is 2. The van der Waals surface area contributed by atoms with Crippen molar-refractivity contribution in [2.45, 2.75) is 71.6 Å². The van der Waals surface area contributed by atoms with Crippen LogP contribution in [-0.2, 0) is 40.4 Å². The van der Waals surface area contributed by atoms with E-state index in [9.17, 15) is 14.0 Å². The number of nitrogens with zero attached hydrogens (tertiary/aromatic N) is 3. The molecule has 1 aliphatic heterocycles. The highest BCUT2D eigenvalue weighted by Gasteiger charge is 2.56. The van der Waals surface area contributed by atoms with Crippen LogP contribution in [-0.4, -0.2) is 45.8 Å². The quantitative estimate of drug-likeness (QED) is 0.301. The van der Waals surface area contributed by atoms with Gasteiger partial charge in [-0.2, -0.15) is 5.10 Å². The first kappa shape index (κ1) is 27.5. The number of fused-ring (bicyclic) bond motifs is 1. The molecule has 5 rings (SSSR count). The van der Waals surface area contributed by atoms with Crippen molar-refractivity contribution in [1.29, 1.82) is 0 Å². The number of amides is 2. The molecular weight excluding hydrogens is 567 g/mol. The summed E-state index contributed by atoms with van der Waals surface area (Å²) in [5, 5.41) is 15.1. The van der Waals surface area contributed by atoms with Gasteiger partial charge in [-0.25, -0.2) is 14.1 Å². The fourth-order valence-corrected chi connectivity index (χ4v) is 5.55. The molecule has 2 aliphatic rings. The molecule has 2 fully saturated rings. The van der Waals surface area contributed by atoms with Gasteiger partial charge in [0, 0.05) is 50.1 Å². The number of hydrogen-bond donors (Lipinski definition) is 3. The Morgan fingerprint density at radius 2 is 1.87 bits per heavy atom. The zero-order valence-corrected chi connectivity index (χ0v) is 23.9. The number of carbonyl (C=O) groups excluding carboxylic acids is 2. The van der Waals surface area contributed by atoms with Crippen molar-refractivity contribution in [3.05, 3.63) is 51.5 Å². The first-order valence-corrected chi connectivity index (χ1v) is 14.4. The minimum absolute atomic E-state index is 0.216. The van der Waals surface area contributed by atoms with E-state index >= 15 is 0 Å². The Morgan fingerprint density at radius 3 is 2.51 bits per heavy atom. The lowest BCUT2D eigenvalue weighted by Crippen LogP contribution is -2.42. The van der Waals surface area contributed by atoms with Gasteiger partial charge >= 0.3 is 0 Å². The number of halogens is 2. The van der Waals surface area contributed by atoms with E-state index < -0.39 is 5.41 Å². The van der Waals surface area contributed by atoms with Gasteiger partial charge in [-0.05, 0) is 72.7 Å². The third-order valence-corrected chi connectivity index (χ3v) is 8.27. The van der Waals surface area contributed by atoms with Crippen LogP contribution < -0.4 is 16.0 Å². The van der Waals surface area contributed by atoms with Crippen LogP contribution in [0.3, 0.4) is 0 Å². The molecule has 1 aromatic carbocycles. The molecule has 39 heavy (non-hydrogen) atoms. The second-order valence-electron chi connectivity index (χ2n) is 10.2. The number of aryl methyl sites for hydroxylation is 2. The van der Waals surface area contributed by atoms with E-state index in [0.29, 0.717) is 43.5 Å². The van der Waals surface area contributed by atoms with Crippen LogP contribution in [0.2, 0.25) is 0 Å². The van der Waals surface area contributed by atoms with Crippen LogP contribution in [0.4, 0.5) is 10.1 Å². The number of nitrogens with one attached hydrogen (secondary N) is 3. The van der Waals surface area contributed by atoms with Gasteiger partial charge in [-0.3, -0.25) is 9.59 Å². The van der Waals surface area contributed by atoms with Crippen molar-refractivity contribution in [3.63, 3.8) is 0 Å². The molecule has 2 amide bonds. The highest BCUT2D eigenvalue weighted by Crippen LogP contribution is 2.46. The van der Waals surface area contributed by atoms with E-state index in [0.717, 1.165) is 46.4 Å². The number of hydrogen-bond acceptors (Lipinski definition) is 6. The lowest BCUT2D eigenvalue weighted by atomic mass is 10.0. The average Bonchev–Trinajstić information content (AvgIpc) is 3.67. The maximum atomic E-state index is 13.5. The molecule has 0 radical (unpaired) electrons. The topological polar surface area (TPSA) is 110 Å². The number of benzene rings is 1. The molecule has 3 heterocycles. The van der Waals surface area contributed by atoms with E-state index in [-0.39, 0.29) is 36.8 Å². The standard InChI is InChI=1S/C28H34BrFN6O3/c1-3-23-19(24(34-18-7-11-39-12-8-18)20-16-33-36(4-2)25(20)35-23)15-32-27(38)28(9-10-28)26(37)31-14-17-5-6-22(30)21(29)13-17/h5-6,13,16,18H,3-4,7-12,14-15H2,1-2H3,(H,31,37)(H,32,38)(H,34,35). The fourth-order valence-electron chi connectivity index (χ4n) is 5.12. The Balaban J connectivity index is 1.34. The summed E-state index contributed by atoms with van der Waals surface area (Å²) >= 11 is 3.17. The monoisotopic (exact) mass is 600 g/mol. The number of pyridine rings is 1. The van der Waals surface area contributed by atoms with Crippen molar-refractivity contribution in [2.24, 2.45) is 5.41 Å². The molecule has 208 valence electrons. The van der Waals surface area contributed by atoms with E-state index in [1.165, 1.54) is 6.07 Å². The zero-order valence-electron chi connectivity index (χ0n) is 22.3. The highest BCUT2D eigenvalue weighted by molar-refractivity contribution is 9.10. The van der Waals surface area contributed by atoms with Gasteiger partial charge in [0.15, 0.2) is 5.65 Å². The van der Waals surface area contributed by atoms with Crippen LogP contribution in [0.5, 0.6) is 0 Å². The molecule has 1 aliphatic carbocycles. The first-order chi connectivity index (χ1) is 18.9. The molecule has 3 aromatic rings. The molecule has 0 bridgehead atoms. The third-order valence-electron chi connectivity index (χ3n) is 7.66. The Morgan fingerprint density at radius 1 is 1.15 bits per heavy atom. The van der Waals surface area contributed by atoms with Crippen molar-refractivity contribution >= 4 is 44.5 Å². The van der Waals surface area contributed by atoms with Crippen molar-refractivity contribution in [2.75, 3.05) is 18.5 Å². The molecule has 0 spiro atoms. The second kappa shape index (κ2) is 11.6. The summed E-state index contributed by atoms with van der Waals surface area (Å²) in [6.45, 7) is 6.68. The minimum Gasteiger partial charge on any atom is -0.381 e.